The van der Waals surface area contributed by atoms with Crippen LogP contribution in [0.15, 0.2) is 37.0 Å². The van der Waals surface area contributed by atoms with Crippen LogP contribution in [0.3, 0.4) is 0 Å². The van der Waals surface area contributed by atoms with E-state index in [0.29, 0.717) is 0 Å². The molecule has 0 aromatic heterocycles. The van der Waals surface area contributed by atoms with Crippen molar-refractivity contribution in [2.24, 2.45) is 0 Å². The van der Waals surface area contributed by atoms with Crippen molar-refractivity contribution < 1.29 is 0 Å². The van der Waals surface area contributed by atoms with Gasteiger partial charge in [-0.3, -0.25) is 0 Å². The molecule has 0 heterocycles. The zero-order valence-electron chi connectivity index (χ0n) is 13.9. The van der Waals surface area contributed by atoms with Crippen molar-refractivity contribution in [3.8, 4) is 0 Å². The normalized spacial score (nSPS) is 10.9. The molecule has 2 heteroatoms. The summed E-state index contributed by atoms with van der Waals surface area (Å²) < 4.78 is 0. The van der Waals surface area contributed by atoms with E-state index in [4.69, 9.17) is 11.1 Å². The Balaban J connectivity index is 3.71. The maximum atomic E-state index is 5.96. The van der Waals surface area contributed by atoms with Crippen molar-refractivity contribution in [2.45, 2.75) is 83.1 Å². The molecule has 0 N–H and O–H groups in total. The van der Waals surface area contributed by atoms with Crippen molar-refractivity contribution in [2.75, 3.05) is 0 Å². The molecule has 21 heavy (non-hydrogen) atoms. The maximum absolute atomic E-state index is 5.96. The predicted molar refractivity (Wildman–Crippen MR) is 103 cm³/mol. The van der Waals surface area contributed by atoms with E-state index in [1.807, 2.05) is 12.2 Å². The van der Waals surface area contributed by atoms with Crippen molar-refractivity contribution in [3.63, 3.8) is 0 Å². The molecule has 0 rings (SSSR count). The maximum Gasteiger partial charge on any atom is 0.129 e. The Morgan fingerprint density at radius 2 is 1.24 bits per heavy atom. The molecule has 0 aliphatic rings. The quantitative estimate of drug-likeness (QED) is 0.128. The van der Waals surface area contributed by atoms with Crippen LogP contribution in [0.5, 0.6) is 0 Å². The number of unbranched alkanes of at least 4 members (excludes halogenated alkanes) is 8. The summed E-state index contributed by atoms with van der Waals surface area (Å²) in [6, 6.07) is 1.17. The van der Waals surface area contributed by atoms with Gasteiger partial charge in [-0.25, -0.2) is 0 Å². The highest BCUT2D eigenvalue weighted by Crippen LogP contribution is 2.19. The lowest BCUT2D eigenvalue weighted by molar-refractivity contribution is 0.610. The van der Waals surface area contributed by atoms with E-state index in [0.717, 1.165) is 0 Å². The Morgan fingerprint density at radius 3 is 1.67 bits per heavy atom. The molecule has 0 unspecified atom stereocenters. The minimum Gasteiger partial charge on any atom is -0.176 e. The second kappa shape index (κ2) is 17.8. The standard InChI is InChI=1S/C19H35ClSi/c1-3-5-7-9-11-13-15-19(17-18-21-20)16-14-12-10-8-6-4-2/h3-4,17H,1-2,5-16,18,21H2. The first-order valence-electron chi connectivity index (χ1n) is 8.80. The summed E-state index contributed by atoms with van der Waals surface area (Å²) in [5.41, 5.74) is 1.68. The smallest absolute Gasteiger partial charge is 0.129 e. The summed E-state index contributed by atoms with van der Waals surface area (Å²) in [5, 5.41) is 0. The lowest BCUT2D eigenvalue weighted by Crippen LogP contribution is -1.89. The van der Waals surface area contributed by atoms with E-state index in [2.05, 4.69) is 19.2 Å². The van der Waals surface area contributed by atoms with Crippen LogP contribution in [-0.2, 0) is 0 Å². The lowest BCUT2D eigenvalue weighted by Gasteiger charge is -2.08. The fraction of sp³-hybridized carbons (Fsp3) is 0.684. The number of hydrogen-bond donors (Lipinski definition) is 0. The fourth-order valence-electron chi connectivity index (χ4n) is 2.58. The van der Waals surface area contributed by atoms with Gasteiger partial charge in [0.1, 0.15) is 8.83 Å². The Hall–Kier alpha value is -0.273. The van der Waals surface area contributed by atoms with Gasteiger partial charge < -0.3 is 0 Å². The summed E-state index contributed by atoms with van der Waals surface area (Å²) in [6.45, 7) is 7.56. The van der Waals surface area contributed by atoms with Crippen molar-refractivity contribution >= 4 is 19.9 Å². The van der Waals surface area contributed by atoms with Gasteiger partial charge in [-0.1, -0.05) is 49.5 Å². The van der Waals surface area contributed by atoms with Gasteiger partial charge in [0.25, 0.3) is 0 Å². The highest BCUT2D eigenvalue weighted by molar-refractivity contribution is 6.93. The molecule has 0 aromatic rings. The summed E-state index contributed by atoms with van der Waals surface area (Å²) in [5.74, 6) is 0. The van der Waals surface area contributed by atoms with Gasteiger partial charge in [0.15, 0.2) is 0 Å². The van der Waals surface area contributed by atoms with Crippen LogP contribution in [0.2, 0.25) is 6.04 Å². The van der Waals surface area contributed by atoms with Crippen LogP contribution in [0.1, 0.15) is 77.0 Å². The van der Waals surface area contributed by atoms with Gasteiger partial charge in [-0.05, 0) is 57.4 Å². The van der Waals surface area contributed by atoms with Crippen LogP contribution in [0.25, 0.3) is 0 Å². The second-order valence-corrected chi connectivity index (χ2v) is 7.91. The van der Waals surface area contributed by atoms with E-state index >= 15 is 0 Å². The Labute approximate surface area is 140 Å². The van der Waals surface area contributed by atoms with Crippen LogP contribution in [0.4, 0.5) is 0 Å². The summed E-state index contributed by atoms with van der Waals surface area (Å²) in [4.78, 5) is 0. The first-order valence-corrected chi connectivity index (χ1v) is 11.9. The average Bonchev–Trinajstić information content (AvgIpc) is 2.50. The molecule has 122 valence electrons. The SMILES string of the molecule is C=CCCCCCCC(=CC[SiH2]Cl)CCCCCCC=C. The molecule has 0 saturated carbocycles. The molecule has 0 atom stereocenters. The molecule has 0 aliphatic heterocycles. The van der Waals surface area contributed by atoms with Gasteiger partial charge >= 0.3 is 0 Å². The van der Waals surface area contributed by atoms with Gasteiger partial charge in [-0.15, -0.1) is 13.2 Å². The molecule has 0 aliphatic carbocycles. The Kier molecular flexibility index (Phi) is 17.5. The van der Waals surface area contributed by atoms with E-state index in [1.54, 1.807) is 5.57 Å². The summed E-state index contributed by atoms with van der Waals surface area (Å²) in [6.07, 6.45) is 22.2. The van der Waals surface area contributed by atoms with Crippen molar-refractivity contribution in [1.29, 1.82) is 0 Å². The molecular formula is C19H35ClSi. The van der Waals surface area contributed by atoms with Crippen molar-refractivity contribution in [1.82, 2.24) is 0 Å². The van der Waals surface area contributed by atoms with Gasteiger partial charge in [0.05, 0.1) is 0 Å². The molecule has 0 bridgehead atoms. The minimum absolute atomic E-state index is 0.335. The number of rotatable bonds is 16. The third kappa shape index (κ3) is 15.9. The second-order valence-electron chi connectivity index (χ2n) is 5.82. The Morgan fingerprint density at radius 1 is 0.762 bits per heavy atom. The molecule has 0 nitrogen and oxygen atoms in total. The van der Waals surface area contributed by atoms with E-state index in [9.17, 15) is 0 Å². The first-order chi connectivity index (χ1) is 10.3. The molecule has 0 saturated heterocycles. The molecule has 0 aromatic carbocycles. The van der Waals surface area contributed by atoms with Crippen LogP contribution < -0.4 is 0 Å². The molecule has 0 spiro atoms. The fourth-order valence-corrected chi connectivity index (χ4v) is 3.42. The Bertz CT molecular complexity index is 249. The third-order valence-electron chi connectivity index (χ3n) is 3.85. The van der Waals surface area contributed by atoms with E-state index in [1.165, 1.54) is 83.1 Å². The zero-order valence-corrected chi connectivity index (χ0v) is 16.1. The number of halogens is 1. The predicted octanol–water partition coefficient (Wildman–Crippen LogP) is 6.71. The lowest BCUT2D eigenvalue weighted by atomic mass is 9.99. The number of allylic oxidation sites excluding steroid dienone is 4. The van der Waals surface area contributed by atoms with Gasteiger partial charge in [-0.2, -0.15) is 11.1 Å². The highest BCUT2D eigenvalue weighted by Gasteiger charge is 1.99. The monoisotopic (exact) mass is 326 g/mol. The summed E-state index contributed by atoms with van der Waals surface area (Å²) >= 11 is 5.96. The third-order valence-corrected chi connectivity index (χ3v) is 5.02. The van der Waals surface area contributed by atoms with E-state index in [-0.39, 0.29) is 8.83 Å². The summed E-state index contributed by atoms with van der Waals surface area (Å²) in [7, 11) is -0.335. The zero-order chi connectivity index (χ0) is 15.6. The molecule has 0 radical (unpaired) electrons. The van der Waals surface area contributed by atoms with Gasteiger partial charge in [0.2, 0.25) is 0 Å². The van der Waals surface area contributed by atoms with Crippen LogP contribution in [-0.4, -0.2) is 8.83 Å². The minimum atomic E-state index is -0.335. The van der Waals surface area contributed by atoms with E-state index < -0.39 is 0 Å². The van der Waals surface area contributed by atoms with Gasteiger partial charge in [0, 0.05) is 0 Å². The molecule has 0 amide bonds. The van der Waals surface area contributed by atoms with Crippen LogP contribution >= 0.6 is 11.1 Å². The van der Waals surface area contributed by atoms with Crippen LogP contribution in [0, 0.1) is 0 Å². The topological polar surface area (TPSA) is 0 Å². The molecule has 0 fully saturated rings. The molecular weight excluding hydrogens is 292 g/mol. The number of hydrogen-bond acceptors (Lipinski definition) is 0. The highest BCUT2D eigenvalue weighted by atomic mass is 35.6. The first kappa shape index (κ1) is 20.7. The largest absolute Gasteiger partial charge is 0.176 e. The van der Waals surface area contributed by atoms with Crippen molar-refractivity contribution in [3.05, 3.63) is 37.0 Å². The average molecular weight is 327 g/mol.